The van der Waals surface area contributed by atoms with Crippen molar-refractivity contribution in [2.75, 3.05) is 33.4 Å². The van der Waals surface area contributed by atoms with Crippen molar-refractivity contribution in [3.8, 4) is 5.75 Å². The highest BCUT2D eigenvalue weighted by Crippen LogP contribution is 2.41. The van der Waals surface area contributed by atoms with Crippen LogP contribution in [0.15, 0.2) is 60.7 Å². The molecule has 0 radical (unpaired) electrons. The molecule has 2 fully saturated rings. The Balaban J connectivity index is 1.11. The van der Waals surface area contributed by atoms with E-state index in [1.54, 1.807) is 6.08 Å². The number of esters is 1. The van der Waals surface area contributed by atoms with Gasteiger partial charge in [-0.2, -0.15) is 0 Å². The fraction of sp³-hybridized carbons (Fsp3) is 0.423. The summed E-state index contributed by atoms with van der Waals surface area (Å²) in [6, 6.07) is 19.9. The van der Waals surface area contributed by atoms with Gasteiger partial charge in [0.2, 0.25) is 0 Å². The van der Waals surface area contributed by atoms with Gasteiger partial charge in [-0.25, -0.2) is 4.79 Å². The van der Waals surface area contributed by atoms with Crippen molar-refractivity contribution in [1.82, 2.24) is 10.2 Å². The zero-order valence-corrected chi connectivity index (χ0v) is 18.2. The number of benzene rings is 2. The largest absolute Gasteiger partial charge is 0.492 e. The molecule has 2 aromatic rings. The highest BCUT2D eigenvalue weighted by atomic mass is 16.5. The van der Waals surface area contributed by atoms with Crippen molar-refractivity contribution in [2.24, 2.45) is 0 Å². The maximum Gasteiger partial charge on any atom is 0.330 e. The number of methoxy groups -OCH3 is 1. The molecule has 164 valence electrons. The second-order valence-corrected chi connectivity index (χ2v) is 8.42. The molecule has 0 spiro atoms. The van der Waals surface area contributed by atoms with Gasteiger partial charge in [0.05, 0.1) is 7.11 Å². The standard InChI is InChI=1S/C26H32N2O3/c1-30-26(29)12-9-20-7-10-23(11-8-20)31-18-17-28-15-13-22(14-16-28)27-25-19-24(25)21-5-3-2-4-6-21/h2-12,22,24-25,27H,13-19H2,1H3/b12-9+/t24-,25+/m0/s1. The molecular formula is C26H32N2O3. The van der Waals surface area contributed by atoms with Crippen LogP contribution in [0.3, 0.4) is 0 Å². The Bertz CT molecular complexity index is 858. The van der Waals surface area contributed by atoms with Gasteiger partial charge >= 0.3 is 5.97 Å². The minimum absolute atomic E-state index is 0.354. The first kappa shape index (κ1) is 21.6. The molecular weight excluding hydrogens is 388 g/mol. The monoisotopic (exact) mass is 420 g/mol. The van der Waals surface area contributed by atoms with Crippen LogP contribution >= 0.6 is 0 Å². The molecule has 2 atom stereocenters. The molecule has 0 amide bonds. The van der Waals surface area contributed by atoms with Crippen LogP contribution in [0.2, 0.25) is 0 Å². The van der Waals surface area contributed by atoms with Crippen molar-refractivity contribution >= 4 is 12.0 Å². The van der Waals surface area contributed by atoms with Crippen molar-refractivity contribution in [2.45, 2.75) is 37.3 Å². The Morgan fingerprint density at radius 2 is 1.84 bits per heavy atom. The van der Waals surface area contributed by atoms with E-state index in [1.807, 2.05) is 24.3 Å². The summed E-state index contributed by atoms with van der Waals surface area (Å²) in [5.41, 5.74) is 2.42. The zero-order valence-electron chi connectivity index (χ0n) is 18.2. The minimum Gasteiger partial charge on any atom is -0.492 e. The number of ether oxygens (including phenoxy) is 2. The highest BCUT2D eigenvalue weighted by Gasteiger charge is 2.39. The molecule has 1 aliphatic heterocycles. The van der Waals surface area contributed by atoms with Gasteiger partial charge in [0.1, 0.15) is 12.4 Å². The molecule has 0 bridgehead atoms. The number of nitrogens with zero attached hydrogens (tertiary/aromatic N) is 1. The second-order valence-electron chi connectivity index (χ2n) is 8.42. The summed E-state index contributed by atoms with van der Waals surface area (Å²) in [5.74, 6) is 1.20. The fourth-order valence-electron chi connectivity index (χ4n) is 4.27. The van der Waals surface area contributed by atoms with E-state index in [-0.39, 0.29) is 5.97 Å². The molecule has 1 aliphatic carbocycles. The summed E-state index contributed by atoms with van der Waals surface area (Å²) >= 11 is 0. The lowest BCUT2D eigenvalue weighted by atomic mass is 10.0. The SMILES string of the molecule is COC(=O)/C=C/c1ccc(OCCN2CCC(N[C@@H]3C[C@H]3c3ccccc3)CC2)cc1. The van der Waals surface area contributed by atoms with Crippen molar-refractivity contribution in [1.29, 1.82) is 0 Å². The summed E-state index contributed by atoms with van der Waals surface area (Å²) in [7, 11) is 1.37. The Hall–Kier alpha value is -2.63. The number of piperidine rings is 1. The van der Waals surface area contributed by atoms with Gasteiger partial charge < -0.3 is 14.8 Å². The second kappa shape index (κ2) is 10.6. The molecule has 5 heteroatoms. The van der Waals surface area contributed by atoms with Crippen molar-refractivity contribution in [3.05, 3.63) is 71.8 Å². The molecule has 1 heterocycles. The number of hydrogen-bond donors (Lipinski definition) is 1. The van der Waals surface area contributed by atoms with Gasteiger partial charge in [0, 0.05) is 30.6 Å². The number of hydrogen-bond acceptors (Lipinski definition) is 5. The van der Waals surface area contributed by atoms with E-state index in [0.717, 1.165) is 30.9 Å². The first-order chi connectivity index (χ1) is 15.2. The molecule has 2 aromatic carbocycles. The van der Waals surface area contributed by atoms with E-state index < -0.39 is 0 Å². The molecule has 1 saturated heterocycles. The van der Waals surface area contributed by atoms with E-state index in [2.05, 4.69) is 45.3 Å². The Kier molecular flexibility index (Phi) is 7.39. The lowest BCUT2D eigenvalue weighted by molar-refractivity contribution is -0.134. The van der Waals surface area contributed by atoms with Crippen LogP contribution in [0.1, 0.15) is 36.3 Å². The molecule has 2 aliphatic rings. The van der Waals surface area contributed by atoms with Crippen LogP contribution in [0.25, 0.3) is 6.08 Å². The lowest BCUT2D eigenvalue weighted by Gasteiger charge is -2.32. The van der Waals surface area contributed by atoms with Gasteiger partial charge in [0.25, 0.3) is 0 Å². The van der Waals surface area contributed by atoms with E-state index in [0.29, 0.717) is 24.6 Å². The lowest BCUT2D eigenvalue weighted by Crippen LogP contribution is -2.44. The first-order valence-corrected chi connectivity index (χ1v) is 11.2. The molecule has 0 unspecified atom stereocenters. The molecule has 5 nitrogen and oxygen atoms in total. The van der Waals surface area contributed by atoms with Crippen LogP contribution in [0.4, 0.5) is 0 Å². The van der Waals surface area contributed by atoms with Crippen LogP contribution in [0.5, 0.6) is 5.75 Å². The van der Waals surface area contributed by atoms with E-state index in [1.165, 1.54) is 38.0 Å². The Morgan fingerprint density at radius 1 is 1.10 bits per heavy atom. The topological polar surface area (TPSA) is 50.8 Å². The Morgan fingerprint density at radius 3 is 2.55 bits per heavy atom. The normalized spacial score (nSPS) is 21.8. The number of rotatable bonds is 9. The number of carbonyl (C=O) groups is 1. The quantitative estimate of drug-likeness (QED) is 0.493. The number of nitrogens with one attached hydrogen (secondary N) is 1. The molecule has 1 N–H and O–H groups in total. The number of likely N-dealkylation sites (tertiary alicyclic amines) is 1. The average Bonchev–Trinajstić information content (AvgIpc) is 3.59. The third kappa shape index (κ3) is 6.42. The summed E-state index contributed by atoms with van der Waals surface area (Å²) in [6.45, 7) is 3.89. The van der Waals surface area contributed by atoms with Crippen molar-refractivity contribution in [3.63, 3.8) is 0 Å². The Labute approximate surface area is 185 Å². The van der Waals surface area contributed by atoms with Crippen LogP contribution in [0, 0.1) is 0 Å². The molecule has 0 aromatic heterocycles. The predicted molar refractivity (Wildman–Crippen MR) is 123 cm³/mol. The first-order valence-electron chi connectivity index (χ1n) is 11.2. The molecule has 31 heavy (non-hydrogen) atoms. The van der Waals surface area contributed by atoms with Gasteiger partial charge in [-0.15, -0.1) is 0 Å². The van der Waals surface area contributed by atoms with Gasteiger partial charge in [-0.05, 0) is 61.7 Å². The molecule has 1 saturated carbocycles. The van der Waals surface area contributed by atoms with Gasteiger partial charge in [-0.1, -0.05) is 42.5 Å². The van der Waals surface area contributed by atoms with Gasteiger partial charge in [0.15, 0.2) is 0 Å². The summed E-state index contributed by atoms with van der Waals surface area (Å²) in [5, 5.41) is 3.88. The van der Waals surface area contributed by atoms with Crippen LogP contribution in [-0.2, 0) is 9.53 Å². The maximum absolute atomic E-state index is 11.2. The van der Waals surface area contributed by atoms with Gasteiger partial charge in [-0.3, -0.25) is 4.90 Å². The fourth-order valence-corrected chi connectivity index (χ4v) is 4.27. The molecule has 4 rings (SSSR count). The third-order valence-electron chi connectivity index (χ3n) is 6.22. The van der Waals surface area contributed by atoms with E-state index >= 15 is 0 Å². The summed E-state index contributed by atoms with van der Waals surface area (Å²) < 4.78 is 10.5. The zero-order chi connectivity index (χ0) is 21.5. The maximum atomic E-state index is 11.2. The minimum atomic E-state index is -0.354. The van der Waals surface area contributed by atoms with Crippen molar-refractivity contribution < 1.29 is 14.3 Å². The predicted octanol–water partition coefficient (Wildman–Crippen LogP) is 3.86. The summed E-state index contributed by atoms with van der Waals surface area (Å²) in [4.78, 5) is 13.6. The van der Waals surface area contributed by atoms with E-state index in [9.17, 15) is 4.79 Å². The third-order valence-corrected chi connectivity index (χ3v) is 6.22. The van der Waals surface area contributed by atoms with Crippen LogP contribution < -0.4 is 10.1 Å². The summed E-state index contributed by atoms with van der Waals surface area (Å²) in [6.07, 6.45) is 6.84. The van der Waals surface area contributed by atoms with E-state index in [4.69, 9.17) is 4.74 Å². The van der Waals surface area contributed by atoms with Crippen LogP contribution in [-0.4, -0.2) is 56.3 Å². The average molecular weight is 421 g/mol. The highest BCUT2D eigenvalue weighted by molar-refractivity contribution is 5.86. The smallest absolute Gasteiger partial charge is 0.330 e. The number of carbonyl (C=O) groups excluding carboxylic acids is 1.